The lowest BCUT2D eigenvalue weighted by Gasteiger charge is -2.43. The number of rotatable bonds is 5. The van der Waals surface area contributed by atoms with Crippen molar-refractivity contribution in [3.63, 3.8) is 0 Å². The first kappa shape index (κ1) is 32.7. The number of halogens is 2. The Morgan fingerprint density at radius 3 is 2.47 bits per heavy atom. The minimum absolute atomic E-state index is 0.00103. The van der Waals surface area contributed by atoms with Crippen LogP contribution < -0.4 is 5.56 Å². The van der Waals surface area contributed by atoms with Crippen molar-refractivity contribution in [3.8, 4) is 5.69 Å². The molecule has 0 saturated carbocycles. The van der Waals surface area contributed by atoms with Crippen LogP contribution in [-0.2, 0) is 16.1 Å². The summed E-state index contributed by atoms with van der Waals surface area (Å²) in [5.41, 5.74) is -0.315. The first-order valence-corrected chi connectivity index (χ1v) is 16.3. The largest absolute Gasteiger partial charge is 0.444 e. The van der Waals surface area contributed by atoms with E-state index in [9.17, 15) is 23.9 Å². The normalized spacial score (nSPS) is 20.0. The van der Waals surface area contributed by atoms with Gasteiger partial charge in [-0.25, -0.2) is 14.2 Å². The fraction of sp³-hybridized carbons (Fsp3) is 0.429. The summed E-state index contributed by atoms with van der Waals surface area (Å²) in [5, 5.41) is 11.9. The molecule has 0 aliphatic carbocycles. The van der Waals surface area contributed by atoms with Gasteiger partial charge in [-0.1, -0.05) is 41.9 Å². The molecule has 248 valence electrons. The van der Waals surface area contributed by atoms with Crippen LogP contribution in [0.3, 0.4) is 0 Å². The second-order valence-electron chi connectivity index (χ2n) is 13.6. The third-order valence-electron chi connectivity index (χ3n) is 9.13. The van der Waals surface area contributed by atoms with Crippen molar-refractivity contribution < 1.29 is 23.8 Å². The van der Waals surface area contributed by atoms with E-state index in [4.69, 9.17) is 16.3 Å². The Bertz CT molecular complexity index is 1840. The summed E-state index contributed by atoms with van der Waals surface area (Å²) in [7, 11) is 0. The van der Waals surface area contributed by atoms with Crippen LogP contribution in [0.4, 0.5) is 9.18 Å². The average Bonchev–Trinajstić information content (AvgIpc) is 3.48. The number of carbonyl (C=O) groups excluding carboxylic acids is 2. The first-order valence-electron chi connectivity index (χ1n) is 15.9. The summed E-state index contributed by atoms with van der Waals surface area (Å²) < 4.78 is 22.7. The van der Waals surface area contributed by atoms with Gasteiger partial charge in [0.25, 0.3) is 5.56 Å². The lowest BCUT2D eigenvalue weighted by atomic mass is 9.79. The van der Waals surface area contributed by atoms with E-state index in [1.165, 1.54) is 23.0 Å². The smallest absolute Gasteiger partial charge is 0.410 e. The maximum absolute atomic E-state index is 14.1. The minimum Gasteiger partial charge on any atom is -0.444 e. The van der Waals surface area contributed by atoms with Gasteiger partial charge in [0.15, 0.2) is 5.65 Å². The van der Waals surface area contributed by atoms with Crippen LogP contribution in [0, 0.1) is 11.7 Å². The number of carbonyl (C=O) groups is 2. The summed E-state index contributed by atoms with van der Waals surface area (Å²) in [5.74, 6) is -1.09. The van der Waals surface area contributed by atoms with Crippen molar-refractivity contribution in [3.05, 3.63) is 93.9 Å². The fourth-order valence-electron chi connectivity index (χ4n) is 6.64. The van der Waals surface area contributed by atoms with E-state index in [0.29, 0.717) is 62.2 Å². The molecule has 2 atom stereocenters. The highest BCUT2D eigenvalue weighted by molar-refractivity contribution is 6.30. The van der Waals surface area contributed by atoms with E-state index in [-0.39, 0.29) is 41.0 Å². The monoisotopic (exact) mass is 663 g/mol. The quantitative estimate of drug-likeness (QED) is 0.307. The van der Waals surface area contributed by atoms with Gasteiger partial charge in [-0.3, -0.25) is 14.2 Å². The Morgan fingerprint density at radius 2 is 1.79 bits per heavy atom. The Hall–Kier alpha value is -4.22. The van der Waals surface area contributed by atoms with Crippen molar-refractivity contribution in [2.45, 2.75) is 63.7 Å². The summed E-state index contributed by atoms with van der Waals surface area (Å²) in [6, 6.07) is 15.8. The molecule has 47 heavy (non-hydrogen) atoms. The molecular formula is C35H39ClFN5O5. The fourth-order valence-corrected chi connectivity index (χ4v) is 6.76. The number of aromatic nitrogens is 3. The molecule has 0 bridgehead atoms. The summed E-state index contributed by atoms with van der Waals surface area (Å²) in [6.45, 7) is 7.00. The van der Waals surface area contributed by atoms with Crippen LogP contribution >= 0.6 is 11.6 Å². The van der Waals surface area contributed by atoms with E-state index in [1.807, 2.05) is 51.1 Å². The number of hydrogen-bond acceptors (Lipinski definition) is 6. The maximum Gasteiger partial charge on any atom is 0.410 e. The van der Waals surface area contributed by atoms with E-state index < -0.39 is 17.0 Å². The molecule has 2 aromatic heterocycles. The average molecular weight is 664 g/mol. The van der Waals surface area contributed by atoms with E-state index in [1.54, 1.807) is 32.7 Å². The van der Waals surface area contributed by atoms with Crippen molar-refractivity contribution in [1.82, 2.24) is 23.9 Å². The van der Waals surface area contributed by atoms with E-state index in [0.717, 1.165) is 5.56 Å². The molecule has 2 amide bonds. The first-order chi connectivity index (χ1) is 22.3. The molecule has 6 rings (SSSR count). The Labute approximate surface area is 277 Å². The molecule has 1 N–H and O–H groups in total. The molecule has 2 saturated heterocycles. The van der Waals surface area contributed by atoms with Crippen LogP contribution in [0.15, 0.2) is 71.9 Å². The SMILES string of the molecule is CC(C)(C)OC(=O)N1CC[C@@H](C(=O)N2CCC(O)(Cn3cnc4c(ccn4-c4ccc(Cl)c(F)c4)c3=O)CC2)[C@H](c2ccccc2)C1. The Kier molecular flexibility index (Phi) is 8.88. The summed E-state index contributed by atoms with van der Waals surface area (Å²) in [4.78, 5) is 48.3. The summed E-state index contributed by atoms with van der Waals surface area (Å²) >= 11 is 5.83. The molecule has 2 aliphatic heterocycles. The van der Waals surface area contributed by atoms with Crippen molar-refractivity contribution in [1.29, 1.82) is 0 Å². The number of amides is 2. The molecular weight excluding hydrogens is 625 g/mol. The third kappa shape index (κ3) is 6.92. The van der Waals surface area contributed by atoms with Crippen molar-refractivity contribution in [2.75, 3.05) is 26.2 Å². The van der Waals surface area contributed by atoms with Gasteiger partial charge in [0.05, 0.1) is 28.2 Å². The van der Waals surface area contributed by atoms with Crippen LogP contribution in [0.2, 0.25) is 5.02 Å². The lowest BCUT2D eigenvalue weighted by molar-refractivity contribution is -0.142. The van der Waals surface area contributed by atoms with Gasteiger partial charge in [-0.05, 0) is 69.9 Å². The van der Waals surface area contributed by atoms with Crippen molar-refractivity contribution >= 4 is 34.6 Å². The molecule has 0 spiro atoms. The van der Waals surface area contributed by atoms with Gasteiger partial charge in [0.2, 0.25) is 5.91 Å². The van der Waals surface area contributed by atoms with Gasteiger partial charge in [-0.15, -0.1) is 0 Å². The van der Waals surface area contributed by atoms with E-state index >= 15 is 0 Å². The molecule has 12 heteroatoms. The molecule has 4 heterocycles. The molecule has 2 aromatic carbocycles. The lowest BCUT2D eigenvalue weighted by Crippen LogP contribution is -2.53. The van der Waals surface area contributed by atoms with Gasteiger partial charge >= 0.3 is 6.09 Å². The zero-order chi connectivity index (χ0) is 33.5. The molecule has 0 radical (unpaired) electrons. The highest BCUT2D eigenvalue weighted by Crippen LogP contribution is 2.36. The summed E-state index contributed by atoms with van der Waals surface area (Å²) in [6.07, 6.45) is 3.74. The van der Waals surface area contributed by atoms with Gasteiger partial charge in [0.1, 0.15) is 17.7 Å². The van der Waals surface area contributed by atoms with Crippen molar-refractivity contribution in [2.24, 2.45) is 5.92 Å². The van der Waals surface area contributed by atoms with Crippen LogP contribution in [0.25, 0.3) is 16.7 Å². The molecule has 0 unspecified atom stereocenters. The van der Waals surface area contributed by atoms with E-state index in [2.05, 4.69) is 4.98 Å². The zero-order valence-electron chi connectivity index (χ0n) is 26.7. The number of hydrogen-bond donors (Lipinski definition) is 1. The van der Waals surface area contributed by atoms with Gasteiger partial charge < -0.3 is 24.2 Å². The third-order valence-corrected chi connectivity index (χ3v) is 9.44. The highest BCUT2D eigenvalue weighted by Gasteiger charge is 2.42. The second-order valence-corrected chi connectivity index (χ2v) is 14.0. The second kappa shape index (κ2) is 12.8. The predicted octanol–water partition coefficient (Wildman–Crippen LogP) is 5.37. The number of fused-ring (bicyclic) bond motifs is 1. The van der Waals surface area contributed by atoms with Gasteiger partial charge in [-0.2, -0.15) is 0 Å². The highest BCUT2D eigenvalue weighted by atomic mass is 35.5. The number of likely N-dealkylation sites (tertiary alicyclic amines) is 2. The van der Waals surface area contributed by atoms with Crippen LogP contribution in [-0.4, -0.2) is 78.4 Å². The van der Waals surface area contributed by atoms with Crippen LogP contribution in [0.1, 0.15) is 51.5 Å². The number of ether oxygens (including phenoxy) is 1. The molecule has 4 aromatic rings. The molecule has 2 aliphatic rings. The zero-order valence-corrected chi connectivity index (χ0v) is 27.5. The predicted molar refractivity (Wildman–Crippen MR) is 176 cm³/mol. The minimum atomic E-state index is -1.21. The topological polar surface area (TPSA) is 110 Å². The maximum atomic E-state index is 14.1. The number of benzene rings is 2. The molecule has 10 nitrogen and oxygen atoms in total. The standard InChI is InChI=1S/C35H39ClFN5O5/c1-34(2,3)47-33(45)40-15-11-25(27(20-40)23-7-5-4-6-8-23)31(43)39-17-13-35(46,14-18-39)21-41-22-38-30-26(32(41)44)12-16-42(30)24-9-10-28(36)29(37)19-24/h4-10,12,16,19,22,25,27,46H,11,13-15,17-18,20-21H2,1-3H3/t25-,27+/m1/s1. The Balaban J connectivity index is 1.14. The number of piperidine rings is 2. The van der Waals surface area contributed by atoms with Gasteiger partial charge in [0, 0.05) is 44.2 Å². The Morgan fingerprint density at radius 1 is 1.06 bits per heavy atom. The number of nitrogens with zero attached hydrogens (tertiary/aromatic N) is 5. The molecule has 2 fully saturated rings. The van der Waals surface area contributed by atoms with Crippen LogP contribution in [0.5, 0.6) is 0 Å². The number of aliphatic hydroxyl groups is 1.